The van der Waals surface area contributed by atoms with E-state index in [2.05, 4.69) is 5.32 Å². The van der Waals surface area contributed by atoms with E-state index in [1.807, 2.05) is 0 Å². The first-order valence-electron chi connectivity index (χ1n) is 7.24. The van der Waals surface area contributed by atoms with E-state index in [1.165, 1.54) is 0 Å². The van der Waals surface area contributed by atoms with Gasteiger partial charge in [-0.15, -0.1) is 0 Å². The number of aliphatic hydroxyl groups excluding tert-OH is 4. The van der Waals surface area contributed by atoms with Crippen molar-refractivity contribution < 1.29 is 30.3 Å². The molecule has 0 aromatic heterocycles. The molecule has 124 valence electrons. The smallest absolute Gasteiger partial charge is 0.160 e. The summed E-state index contributed by atoms with van der Waals surface area (Å²) in [6, 6.07) is 6.40. The van der Waals surface area contributed by atoms with Crippen LogP contribution in [0.4, 0.5) is 0 Å². The zero-order valence-corrected chi connectivity index (χ0v) is 12.3. The third-order valence-corrected chi connectivity index (χ3v) is 4.18. The molecule has 1 fully saturated rings. The number of hydrogen-bond acceptors (Lipinski definition) is 7. The second-order valence-electron chi connectivity index (χ2n) is 5.56. The number of benzene rings is 1. The van der Waals surface area contributed by atoms with E-state index in [0.717, 1.165) is 5.56 Å². The van der Waals surface area contributed by atoms with Crippen molar-refractivity contribution in [1.29, 1.82) is 0 Å². The molecular weight excluding hydrogens is 290 g/mol. The van der Waals surface area contributed by atoms with Gasteiger partial charge in [-0.05, 0) is 31.2 Å². The number of rotatable bonds is 5. The van der Waals surface area contributed by atoms with Crippen LogP contribution in [0.3, 0.4) is 0 Å². The number of hydrogen-bond donors (Lipinski definition) is 6. The van der Waals surface area contributed by atoms with E-state index in [4.69, 9.17) is 9.84 Å². The third-order valence-electron chi connectivity index (χ3n) is 4.18. The molecule has 6 N–H and O–H groups in total. The van der Waals surface area contributed by atoms with Crippen molar-refractivity contribution in [1.82, 2.24) is 5.32 Å². The Labute approximate surface area is 128 Å². The van der Waals surface area contributed by atoms with Gasteiger partial charge in [0.2, 0.25) is 0 Å². The van der Waals surface area contributed by atoms with Crippen LogP contribution in [0.5, 0.6) is 5.75 Å². The van der Waals surface area contributed by atoms with Crippen LogP contribution in [-0.2, 0) is 4.74 Å². The highest BCUT2D eigenvalue weighted by atomic mass is 16.6. The first-order valence-corrected chi connectivity index (χ1v) is 7.24. The zero-order valence-electron chi connectivity index (χ0n) is 12.3. The van der Waals surface area contributed by atoms with E-state index in [0.29, 0.717) is 6.42 Å². The minimum atomic E-state index is -1.27. The monoisotopic (exact) mass is 313 g/mol. The Bertz CT molecular complexity index is 468. The molecule has 0 spiro atoms. The summed E-state index contributed by atoms with van der Waals surface area (Å²) in [6.45, 7) is -0.477. The number of phenols is 1. The minimum absolute atomic E-state index is 0.154. The Morgan fingerprint density at radius 1 is 1.14 bits per heavy atom. The molecule has 22 heavy (non-hydrogen) atoms. The fourth-order valence-electron chi connectivity index (χ4n) is 2.81. The number of nitrogens with one attached hydrogen (secondary N) is 1. The van der Waals surface area contributed by atoms with Crippen LogP contribution in [0, 0.1) is 5.92 Å². The molecule has 1 aliphatic heterocycles. The lowest BCUT2D eigenvalue weighted by Crippen LogP contribution is -2.56. The lowest BCUT2D eigenvalue weighted by molar-refractivity contribution is -0.271. The van der Waals surface area contributed by atoms with Gasteiger partial charge < -0.3 is 35.6 Å². The Hall–Kier alpha value is -1.22. The van der Waals surface area contributed by atoms with Crippen molar-refractivity contribution in [3.8, 4) is 5.75 Å². The molecule has 1 heterocycles. The fourth-order valence-corrected chi connectivity index (χ4v) is 2.81. The topological polar surface area (TPSA) is 122 Å². The van der Waals surface area contributed by atoms with E-state index < -0.39 is 37.1 Å². The summed E-state index contributed by atoms with van der Waals surface area (Å²) in [5.74, 6) is -0.551. The first kappa shape index (κ1) is 17.1. The van der Waals surface area contributed by atoms with Gasteiger partial charge in [-0.2, -0.15) is 0 Å². The molecule has 1 aliphatic rings. The summed E-state index contributed by atoms with van der Waals surface area (Å²) in [5.41, 5.74) is 0.874. The van der Waals surface area contributed by atoms with Crippen molar-refractivity contribution >= 4 is 0 Å². The molecule has 0 amide bonds. The molecule has 0 bridgehead atoms. The Morgan fingerprint density at radius 3 is 2.32 bits per heavy atom. The largest absolute Gasteiger partial charge is 0.508 e. The van der Waals surface area contributed by atoms with Crippen molar-refractivity contribution in [3.63, 3.8) is 0 Å². The van der Waals surface area contributed by atoms with Crippen LogP contribution in [0.1, 0.15) is 18.0 Å². The molecule has 0 saturated carbocycles. The van der Waals surface area contributed by atoms with Gasteiger partial charge >= 0.3 is 0 Å². The average molecular weight is 313 g/mol. The SMILES string of the molecule is CNC(C[C@H]1C(O)O[C@H](CO)[C@H](O)[C@@H]1O)c1ccc(O)cc1. The van der Waals surface area contributed by atoms with Crippen LogP contribution in [0.15, 0.2) is 24.3 Å². The first-order chi connectivity index (χ1) is 10.5. The molecule has 1 aromatic carbocycles. The Kier molecular flexibility index (Phi) is 5.74. The van der Waals surface area contributed by atoms with Crippen LogP contribution < -0.4 is 5.32 Å². The van der Waals surface area contributed by atoms with E-state index >= 15 is 0 Å². The maximum absolute atomic E-state index is 10.2. The van der Waals surface area contributed by atoms with Gasteiger partial charge in [0.05, 0.1) is 12.7 Å². The second-order valence-corrected chi connectivity index (χ2v) is 5.56. The molecule has 1 aromatic rings. The van der Waals surface area contributed by atoms with Gasteiger partial charge in [-0.1, -0.05) is 12.1 Å². The van der Waals surface area contributed by atoms with Gasteiger partial charge in [-0.25, -0.2) is 0 Å². The second kappa shape index (κ2) is 7.36. The summed E-state index contributed by atoms with van der Waals surface area (Å²) < 4.78 is 5.16. The minimum Gasteiger partial charge on any atom is -0.508 e. The van der Waals surface area contributed by atoms with Gasteiger partial charge in [0, 0.05) is 12.0 Å². The van der Waals surface area contributed by atoms with Gasteiger partial charge in [0.25, 0.3) is 0 Å². The van der Waals surface area contributed by atoms with Crippen LogP contribution >= 0.6 is 0 Å². The number of aliphatic hydroxyl groups is 4. The van der Waals surface area contributed by atoms with Crippen LogP contribution in [0.2, 0.25) is 0 Å². The van der Waals surface area contributed by atoms with Gasteiger partial charge in [-0.3, -0.25) is 0 Å². The van der Waals surface area contributed by atoms with Gasteiger partial charge in [0.15, 0.2) is 6.29 Å². The number of phenolic OH excluding ortho intramolecular Hbond substituents is 1. The van der Waals surface area contributed by atoms with Crippen LogP contribution in [-0.4, -0.2) is 63.8 Å². The highest BCUT2D eigenvalue weighted by molar-refractivity contribution is 5.28. The van der Waals surface area contributed by atoms with E-state index in [1.54, 1.807) is 31.3 Å². The lowest BCUT2D eigenvalue weighted by atomic mass is 9.84. The molecule has 1 saturated heterocycles. The molecule has 6 atom stereocenters. The number of aromatic hydroxyl groups is 1. The van der Waals surface area contributed by atoms with Crippen molar-refractivity contribution in [2.24, 2.45) is 5.92 Å². The molecule has 7 heteroatoms. The summed E-state index contributed by atoms with van der Waals surface area (Å²) in [4.78, 5) is 0. The van der Waals surface area contributed by atoms with Crippen molar-refractivity contribution in [3.05, 3.63) is 29.8 Å². The summed E-state index contributed by atoms with van der Waals surface area (Å²) in [6.07, 6.45) is -4.41. The molecule has 7 nitrogen and oxygen atoms in total. The Balaban J connectivity index is 2.11. The van der Waals surface area contributed by atoms with Crippen molar-refractivity contribution in [2.75, 3.05) is 13.7 Å². The maximum Gasteiger partial charge on any atom is 0.160 e. The third kappa shape index (κ3) is 3.57. The molecule has 0 aliphatic carbocycles. The highest BCUT2D eigenvalue weighted by Gasteiger charge is 2.44. The zero-order chi connectivity index (χ0) is 16.3. The predicted octanol–water partition coefficient (Wildman–Crippen LogP) is -0.910. The molecule has 0 radical (unpaired) electrons. The molecule has 2 unspecified atom stereocenters. The van der Waals surface area contributed by atoms with E-state index in [9.17, 15) is 20.4 Å². The summed E-state index contributed by atoms with van der Waals surface area (Å²) >= 11 is 0. The Morgan fingerprint density at radius 2 is 1.77 bits per heavy atom. The number of ether oxygens (including phenoxy) is 1. The van der Waals surface area contributed by atoms with E-state index in [-0.39, 0.29) is 11.8 Å². The van der Waals surface area contributed by atoms with Gasteiger partial charge in [0.1, 0.15) is 18.0 Å². The standard InChI is InChI=1S/C15H23NO6/c1-16-11(8-2-4-9(18)5-3-8)6-10-13(19)14(20)12(7-17)22-15(10)21/h2-5,10-21H,6-7H2,1H3/t10-,11?,12-,13-,14+,15?/m1/s1. The lowest BCUT2D eigenvalue weighted by Gasteiger charge is -2.41. The fraction of sp³-hybridized carbons (Fsp3) is 0.600. The maximum atomic E-state index is 10.2. The molecular formula is C15H23NO6. The predicted molar refractivity (Wildman–Crippen MR) is 78.0 cm³/mol. The molecule has 2 rings (SSSR count). The van der Waals surface area contributed by atoms with Crippen molar-refractivity contribution in [2.45, 2.75) is 37.1 Å². The normalized spacial score (nSPS) is 33.6. The summed E-state index contributed by atoms with van der Waals surface area (Å²) in [7, 11) is 1.74. The van der Waals surface area contributed by atoms with Crippen LogP contribution in [0.25, 0.3) is 0 Å². The average Bonchev–Trinajstić information content (AvgIpc) is 2.52. The summed E-state index contributed by atoms with van der Waals surface area (Å²) in [5, 5.41) is 51.6. The quantitative estimate of drug-likeness (QED) is 0.416. The highest BCUT2D eigenvalue weighted by Crippen LogP contribution is 2.32.